The molecule has 0 radical (unpaired) electrons. The number of hydrogen-bond donors (Lipinski definition) is 0. The minimum Gasteiger partial charge on any atom is -0.376 e. The Morgan fingerprint density at radius 3 is 2.82 bits per heavy atom. The van der Waals surface area contributed by atoms with Crippen LogP contribution in [0.15, 0.2) is 0 Å². The Balaban J connectivity index is 1.82. The molecule has 0 saturated carbocycles. The number of fused-ring (bicyclic) bond motifs is 1. The summed E-state index contributed by atoms with van der Waals surface area (Å²) in [6.07, 6.45) is 2.67. The van der Waals surface area contributed by atoms with Gasteiger partial charge >= 0.3 is 0 Å². The standard InChI is InChI=1S/C15H25N5OS/c1-11-13-14(19(4)17-11)16-15(22-13)20(8-7-18(2)3)10-12-6-5-9-21-12/h12H,5-10H2,1-4H3/t12-/m0/s1. The molecule has 3 rings (SSSR count). The van der Waals surface area contributed by atoms with Gasteiger partial charge in [-0.3, -0.25) is 0 Å². The predicted molar refractivity (Wildman–Crippen MR) is 90.9 cm³/mol. The minimum absolute atomic E-state index is 0.341. The van der Waals surface area contributed by atoms with Crippen molar-refractivity contribution in [1.29, 1.82) is 0 Å². The topological polar surface area (TPSA) is 46.4 Å². The van der Waals surface area contributed by atoms with Crippen LogP contribution in [0.4, 0.5) is 5.13 Å². The smallest absolute Gasteiger partial charge is 0.188 e. The third-order valence-electron chi connectivity index (χ3n) is 4.07. The second-order valence-electron chi connectivity index (χ2n) is 6.24. The number of hydrogen-bond acceptors (Lipinski definition) is 6. The van der Waals surface area contributed by atoms with E-state index in [9.17, 15) is 0 Å². The molecule has 0 aliphatic carbocycles. The van der Waals surface area contributed by atoms with Gasteiger partial charge in [0.25, 0.3) is 0 Å². The molecule has 1 aliphatic heterocycles. The summed E-state index contributed by atoms with van der Waals surface area (Å²) in [6.45, 7) is 5.86. The molecule has 2 aromatic rings. The van der Waals surface area contributed by atoms with Crippen LogP contribution in [-0.4, -0.2) is 66.1 Å². The van der Waals surface area contributed by atoms with Crippen molar-refractivity contribution in [3.8, 4) is 0 Å². The molecular formula is C15H25N5OS. The lowest BCUT2D eigenvalue weighted by molar-refractivity contribution is 0.115. The Morgan fingerprint density at radius 1 is 1.36 bits per heavy atom. The highest BCUT2D eigenvalue weighted by atomic mass is 32.1. The number of rotatable bonds is 6. The van der Waals surface area contributed by atoms with Gasteiger partial charge in [0, 0.05) is 33.3 Å². The number of aromatic nitrogens is 3. The van der Waals surface area contributed by atoms with E-state index in [-0.39, 0.29) is 0 Å². The quantitative estimate of drug-likeness (QED) is 0.812. The summed E-state index contributed by atoms with van der Waals surface area (Å²) >= 11 is 1.75. The number of likely N-dealkylation sites (N-methyl/N-ethyl adjacent to an activating group) is 1. The maximum atomic E-state index is 5.82. The average molecular weight is 323 g/mol. The predicted octanol–water partition coefficient (Wildman–Crippen LogP) is 1.89. The van der Waals surface area contributed by atoms with E-state index in [4.69, 9.17) is 9.72 Å². The van der Waals surface area contributed by atoms with Crippen molar-refractivity contribution in [2.75, 3.05) is 45.2 Å². The summed E-state index contributed by atoms with van der Waals surface area (Å²) < 4.78 is 8.89. The van der Waals surface area contributed by atoms with Gasteiger partial charge in [-0.15, -0.1) is 0 Å². The highest BCUT2D eigenvalue weighted by Crippen LogP contribution is 2.31. The Bertz CT molecular complexity index is 595. The van der Waals surface area contributed by atoms with Gasteiger partial charge in [0.05, 0.1) is 16.5 Å². The van der Waals surface area contributed by atoms with Gasteiger partial charge < -0.3 is 14.5 Å². The van der Waals surface area contributed by atoms with Gasteiger partial charge in [-0.05, 0) is 33.9 Å². The van der Waals surface area contributed by atoms with Crippen molar-refractivity contribution >= 4 is 26.8 Å². The first-order valence-corrected chi connectivity index (χ1v) is 8.67. The summed E-state index contributed by atoms with van der Waals surface area (Å²) in [6, 6.07) is 0. The van der Waals surface area contributed by atoms with E-state index in [2.05, 4.69) is 35.9 Å². The van der Waals surface area contributed by atoms with Gasteiger partial charge in [-0.2, -0.15) is 5.10 Å². The van der Waals surface area contributed by atoms with Gasteiger partial charge in [-0.1, -0.05) is 11.3 Å². The molecule has 3 heterocycles. The molecule has 1 aliphatic rings. The number of nitrogens with zero attached hydrogens (tertiary/aromatic N) is 5. The third-order valence-corrected chi connectivity index (χ3v) is 5.28. The second kappa shape index (κ2) is 6.52. The number of ether oxygens (including phenoxy) is 1. The highest BCUT2D eigenvalue weighted by Gasteiger charge is 2.22. The summed E-state index contributed by atoms with van der Waals surface area (Å²) in [4.78, 5) is 9.41. The first-order valence-electron chi connectivity index (χ1n) is 7.86. The van der Waals surface area contributed by atoms with Crippen LogP contribution >= 0.6 is 11.3 Å². The van der Waals surface area contributed by atoms with E-state index in [0.29, 0.717) is 6.10 Å². The minimum atomic E-state index is 0.341. The molecule has 0 amide bonds. The van der Waals surface area contributed by atoms with Gasteiger partial charge in [0.15, 0.2) is 10.8 Å². The molecule has 0 bridgehead atoms. The molecular weight excluding hydrogens is 298 g/mol. The Morgan fingerprint density at radius 2 is 2.18 bits per heavy atom. The van der Waals surface area contributed by atoms with Crippen LogP contribution in [-0.2, 0) is 11.8 Å². The summed E-state index contributed by atoms with van der Waals surface area (Å²) in [7, 11) is 6.18. The Kier molecular flexibility index (Phi) is 4.65. The fourth-order valence-corrected chi connectivity index (χ4v) is 3.90. The molecule has 122 valence electrons. The molecule has 22 heavy (non-hydrogen) atoms. The fraction of sp³-hybridized carbons (Fsp3) is 0.733. The van der Waals surface area contributed by atoms with E-state index < -0.39 is 0 Å². The van der Waals surface area contributed by atoms with Crippen LogP contribution in [0.5, 0.6) is 0 Å². The maximum absolute atomic E-state index is 5.82. The van der Waals surface area contributed by atoms with Gasteiger partial charge in [-0.25, -0.2) is 9.67 Å². The van der Waals surface area contributed by atoms with Crippen molar-refractivity contribution in [1.82, 2.24) is 19.7 Å². The second-order valence-corrected chi connectivity index (χ2v) is 7.22. The number of anilines is 1. The summed E-state index contributed by atoms with van der Waals surface area (Å²) in [5.74, 6) is 0. The highest BCUT2D eigenvalue weighted by molar-refractivity contribution is 7.22. The molecule has 1 fully saturated rings. The molecule has 1 atom stereocenters. The van der Waals surface area contributed by atoms with Crippen molar-refractivity contribution in [2.45, 2.75) is 25.9 Å². The molecule has 0 N–H and O–H groups in total. The van der Waals surface area contributed by atoms with Crippen LogP contribution in [0.25, 0.3) is 10.3 Å². The van der Waals surface area contributed by atoms with Crippen LogP contribution in [0.3, 0.4) is 0 Å². The van der Waals surface area contributed by atoms with Crippen molar-refractivity contribution in [3.63, 3.8) is 0 Å². The normalized spacial score (nSPS) is 18.7. The van der Waals surface area contributed by atoms with Gasteiger partial charge in [0.1, 0.15) is 0 Å². The maximum Gasteiger partial charge on any atom is 0.188 e. The van der Waals surface area contributed by atoms with Crippen molar-refractivity contribution < 1.29 is 4.74 Å². The zero-order valence-corrected chi connectivity index (χ0v) is 14.7. The van der Waals surface area contributed by atoms with E-state index in [1.54, 1.807) is 11.3 Å². The monoisotopic (exact) mass is 323 g/mol. The van der Waals surface area contributed by atoms with Crippen molar-refractivity contribution in [3.05, 3.63) is 5.69 Å². The molecule has 0 unspecified atom stereocenters. The zero-order valence-electron chi connectivity index (χ0n) is 13.9. The largest absolute Gasteiger partial charge is 0.376 e. The van der Waals surface area contributed by atoms with Crippen LogP contribution < -0.4 is 4.90 Å². The van der Waals surface area contributed by atoms with Crippen LogP contribution in [0, 0.1) is 6.92 Å². The average Bonchev–Trinajstić information content (AvgIpc) is 3.15. The van der Waals surface area contributed by atoms with Gasteiger partial charge in [0.2, 0.25) is 0 Å². The lowest BCUT2D eigenvalue weighted by Crippen LogP contribution is -2.37. The molecule has 0 spiro atoms. The fourth-order valence-electron chi connectivity index (χ4n) is 2.83. The van der Waals surface area contributed by atoms with E-state index in [0.717, 1.165) is 49.1 Å². The zero-order chi connectivity index (χ0) is 15.7. The molecule has 1 saturated heterocycles. The SMILES string of the molecule is Cc1nn(C)c2nc(N(CCN(C)C)C[C@@H]3CCCO3)sc12. The lowest BCUT2D eigenvalue weighted by atomic mass is 10.2. The number of thiazole rings is 1. The Labute approximate surface area is 135 Å². The number of aryl methyl sites for hydroxylation is 2. The Hall–Kier alpha value is -1.18. The lowest BCUT2D eigenvalue weighted by Gasteiger charge is -2.26. The van der Waals surface area contributed by atoms with E-state index >= 15 is 0 Å². The van der Waals surface area contributed by atoms with Crippen LogP contribution in [0.2, 0.25) is 0 Å². The summed E-state index contributed by atoms with van der Waals surface area (Å²) in [5.41, 5.74) is 2.05. The molecule has 2 aromatic heterocycles. The molecule has 0 aromatic carbocycles. The molecule has 7 heteroatoms. The van der Waals surface area contributed by atoms with E-state index in [1.165, 1.54) is 11.1 Å². The molecule has 6 nitrogen and oxygen atoms in total. The third kappa shape index (κ3) is 3.26. The first-order chi connectivity index (χ1) is 10.5. The first kappa shape index (κ1) is 15.7. The van der Waals surface area contributed by atoms with Crippen LogP contribution in [0.1, 0.15) is 18.5 Å². The van der Waals surface area contributed by atoms with Crippen molar-refractivity contribution in [2.24, 2.45) is 7.05 Å². The summed E-state index contributed by atoms with van der Waals surface area (Å²) in [5, 5.41) is 5.53. The van der Waals surface area contributed by atoms with E-state index in [1.807, 2.05) is 11.7 Å².